The maximum absolute atomic E-state index is 10.7. The van der Waals surface area contributed by atoms with E-state index in [-0.39, 0.29) is 10.7 Å². The maximum atomic E-state index is 10.7. The number of methoxy groups -OCH3 is 1. The molecule has 0 aliphatic heterocycles. The summed E-state index contributed by atoms with van der Waals surface area (Å²) in [5.41, 5.74) is 0.263. The van der Waals surface area contributed by atoms with Gasteiger partial charge in [-0.2, -0.15) is 0 Å². The standard InChI is InChI=1S/C6H8ClNO2/c1-4(5(7)8-2)6(9)10-3/h2H2,1,3H3. The first-order valence-electron chi connectivity index (χ1n) is 2.55. The fraction of sp³-hybridized carbons (Fsp3) is 0.333. The molecular weight excluding hydrogens is 154 g/mol. The fourth-order valence-corrected chi connectivity index (χ4v) is 0.433. The zero-order chi connectivity index (χ0) is 8.15. The number of nitrogens with zero attached hydrogens (tertiary/aromatic N) is 1. The van der Waals surface area contributed by atoms with Crippen LogP contribution in [0.5, 0.6) is 0 Å². The Morgan fingerprint density at radius 1 is 1.70 bits per heavy atom. The molecule has 10 heavy (non-hydrogen) atoms. The molecule has 0 radical (unpaired) electrons. The van der Waals surface area contributed by atoms with E-state index >= 15 is 0 Å². The second-order valence-electron chi connectivity index (χ2n) is 1.57. The van der Waals surface area contributed by atoms with Gasteiger partial charge in [0.1, 0.15) is 5.16 Å². The average molecular weight is 162 g/mol. The largest absolute Gasteiger partial charge is 0.466 e. The summed E-state index contributed by atoms with van der Waals surface area (Å²) in [7, 11) is 1.28. The summed E-state index contributed by atoms with van der Waals surface area (Å²) >= 11 is 5.44. The van der Waals surface area contributed by atoms with E-state index in [1.54, 1.807) is 0 Å². The third-order valence-corrected chi connectivity index (χ3v) is 1.34. The molecule has 0 saturated heterocycles. The molecule has 0 saturated carbocycles. The number of hydrogen-bond acceptors (Lipinski definition) is 3. The Morgan fingerprint density at radius 3 is 2.50 bits per heavy atom. The van der Waals surface area contributed by atoms with E-state index in [4.69, 9.17) is 11.6 Å². The third kappa shape index (κ3) is 2.19. The molecule has 0 aromatic carbocycles. The summed E-state index contributed by atoms with van der Waals surface area (Å²) < 4.78 is 4.37. The minimum absolute atomic E-state index is 0.0758. The van der Waals surface area contributed by atoms with Gasteiger partial charge in [-0.05, 0) is 13.6 Å². The lowest BCUT2D eigenvalue weighted by atomic mass is 10.3. The first-order chi connectivity index (χ1) is 4.63. The van der Waals surface area contributed by atoms with Crippen molar-refractivity contribution >= 4 is 24.3 Å². The van der Waals surface area contributed by atoms with Crippen molar-refractivity contribution < 1.29 is 9.53 Å². The van der Waals surface area contributed by atoms with Crippen molar-refractivity contribution in [2.45, 2.75) is 6.92 Å². The van der Waals surface area contributed by atoms with Crippen LogP contribution in [0.3, 0.4) is 0 Å². The molecule has 0 unspecified atom stereocenters. The van der Waals surface area contributed by atoms with Crippen molar-refractivity contribution in [3.8, 4) is 0 Å². The van der Waals surface area contributed by atoms with Gasteiger partial charge in [-0.15, -0.1) is 0 Å². The van der Waals surface area contributed by atoms with E-state index in [1.165, 1.54) is 14.0 Å². The van der Waals surface area contributed by atoms with Crippen molar-refractivity contribution in [1.82, 2.24) is 0 Å². The van der Waals surface area contributed by atoms with Gasteiger partial charge >= 0.3 is 5.97 Å². The number of ether oxygens (including phenoxy) is 1. The predicted molar refractivity (Wildman–Crippen MR) is 40.1 cm³/mol. The SMILES string of the molecule is C=NC(Cl)=C(C)C(=O)OC. The van der Waals surface area contributed by atoms with Crippen molar-refractivity contribution in [2.75, 3.05) is 7.11 Å². The van der Waals surface area contributed by atoms with Gasteiger partial charge in [0.25, 0.3) is 0 Å². The minimum Gasteiger partial charge on any atom is -0.466 e. The number of esters is 1. The molecule has 0 atom stereocenters. The molecule has 0 bridgehead atoms. The molecule has 0 spiro atoms. The molecule has 0 aromatic rings. The minimum atomic E-state index is -0.489. The zero-order valence-electron chi connectivity index (χ0n) is 5.85. The smallest absolute Gasteiger partial charge is 0.336 e. The predicted octanol–water partition coefficient (Wildman–Crippen LogP) is 1.33. The number of rotatable bonds is 2. The lowest BCUT2D eigenvalue weighted by Gasteiger charge is -1.97. The maximum Gasteiger partial charge on any atom is 0.336 e. The normalized spacial score (nSPS) is 11.9. The van der Waals surface area contributed by atoms with Gasteiger partial charge in [0.05, 0.1) is 12.7 Å². The van der Waals surface area contributed by atoms with Crippen LogP contribution in [0.25, 0.3) is 0 Å². The van der Waals surface area contributed by atoms with Gasteiger partial charge in [-0.3, -0.25) is 4.99 Å². The van der Waals surface area contributed by atoms with Gasteiger partial charge in [0, 0.05) is 0 Å². The Hall–Kier alpha value is -0.830. The van der Waals surface area contributed by atoms with Crippen LogP contribution in [0, 0.1) is 0 Å². The first-order valence-corrected chi connectivity index (χ1v) is 2.92. The molecular formula is C6H8ClNO2. The van der Waals surface area contributed by atoms with Crippen LogP contribution in [0.2, 0.25) is 0 Å². The first kappa shape index (κ1) is 9.17. The number of halogens is 1. The van der Waals surface area contributed by atoms with Crippen LogP contribution in [-0.2, 0) is 9.53 Å². The van der Waals surface area contributed by atoms with E-state index in [9.17, 15) is 4.79 Å². The zero-order valence-corrected chi connectivity index (χ0v) is 6.60. The van der Waals surface area contributed by atoms with Crippen molar-refractivity contribution in [3.63, 3.8) is 0 Å². The molecule has 0 amide bonds. The second-order valence-corrected chi connectivity index (χ2v) is 1.92. The summed E-state index contributed by atoms with van der Waals surface area (Å²) in [5, 5.41) is 0.0758. The van der Waals surface area contributed by atoms with Crippen LogP contribution in [-0.4, -0.2) is 19.8 Å². The van der Waals surface area contributed by atoms with Crippen LogP contribution < -0.4 is 0 Å². The van der Waals surface area contributed by atoms with Crippen molar-refractivity contribution in [1.29, 1.82) is 0 Å². The highest BCUT2D eigenvalue weighted by molar-refractivity contribution is 6.31. The number of carbonyl (C=O) groups excluding carboxylic acids is 1. The second kappa shape index (κ2) is 4.06. The Kier molecular flexibility index (Phi) is 3.72. The van der Waals surface area contributed by atoms with E-state index in [0.29, 0.717) is 0 Å². The van der Waals surface area contributed by atoms with Gasteiger partial charge in [-0.25, -0.2) is 4.79 Å². The molecule has 56 valence electrons. The van der Waals surface area contributed by atoms with Crippen LogP contribution in [0.15, 0.2) is 15.7 Å². The van der Waals surface area contributed by atoms with E-state index in [2.05, 4.69) is 16.4 Å². The molecule has 0 N–H and O–H groups in total. The monoisotopic (exact) mass is 161 g/mol. The van der Waals surface area contributed by atoms with Crippen molar-refractivity contribution in [3.05, 3.63) is 10.7 Å². The lowest BCUT2D eigenvalue weighted by Crippen LogP contribution is -2.02. The highest BCUT2D eigenvalue weighted by Gasteiger charge is 2.06. The molecule has 4 heteroatoms. The Morgan fingerprint density at radius 2 is 2.20 bits per heavy atom. The quantitative estimate of drug-likeness (QED) is 0.265. The van der Waals surface area contributed by atoms with Crippen LogP contribution >= 0.6 is 11.6 Å². The van der Waals surface area contributed by atoms with E-state index in [0.717, 1.165) is 0 Å². The van der Waals surface area contributed by atoms with Gasteiger partial charge in [0.15, 0.2) is 0 Å². The third-order valence-electron chi connectivity index (χ3n) is 0.940. The Balaban J connectivity index is 4.45. The van der Waals surface area contributed by atoms with Crippen LogP contribution in [0.1, 0.15) is 6.92 Å². The molecule has 0 heterocycles. The molecule has 0 aromatic heterocycles. The van der Waals surface area contributed by atoms with E-state index < -0.39 is 5.97 Å². The molecule has 0 aliphatic carbocycles. The molecule has 0 fully saturated rings. The van der Waals surface area contributed by atoms with Crippen molar-refractivity contribution in [2.24, 2.45) is 4.99 Å². The van der Waals surface area contributed by atoms with Gasteiger partial charge < -0.3 is 4.74 Å². The Bertz CT molecular complexity index is 186. The number of carbonyl (C=O) groups is 1. The van der Waals surface area contributed by atoms with Gasteiger partial charge in [0.2, 0.25) is 0 Å². The summed E-state index contributed by atoms with van der Waals surface area (Å²) in [6.45, 7) is 4.67. The fourth-order valence-electron chi connectivity index (χ4n) is 0.356. The summed E-state index contributed by atoms with van der Waals surface area (Å²) in [4.78, 5) is 14.0. The topological polar surface area (TPSA) is 38.7 Å². The summed E-state index contributed by atoms with van der Waals surface area (Å²) in [6, 6.07) is 0. The lowest BCUT2D eigenvalue weighted by molar-refractivity contribution is -0.136. The molecule has 3 nitrogen and oxygen atoms in total. The summed E-state index contributed by atoms with van der Waals surface area (Å²) in [6.07, 6.45) is 0. The summed E-state index contributed by atoms with van der Waals surface area (Å²) in [5.74, 6) is -0.489. The van der Waals surface area contributed by atoms with Gasteiger partial charge in [-0.1, -0.05) is 11.6 Å². The van der Waals surface area contributed by atoms with E-state index in [1.807, 2.05) is 0 Å². The molecule has 0 rings (SSSR count). The van der Waals surface area contributed by atoms with Crippen LogP contribution in [0.4, 0.5) is 0 Å². The molecule has 0 aliphatic rings. The average Bonchev–Trinajstić information content (AvgIpc) is 2.00. The number of hydrogen-bond donors (Lipinski definition) is 0. The highest BCUT2D eigenvalue weighted by Crippen LogP contribution is 2.10. The Labute approximate surface area is 64.3 Å². The number of aliphatic imine (C=N–C) groups is 1. The highest BCUT2D eigenvalue weighted by atomic mass is 35.5.